The summed E-state index contributed by atoms with van der Waals surface area (Å²) in [6, 6.07) is 3.91. The number of amides is 1. The van der Waals surface area contributed by atoms with Gasteiger partial charge in [-0.05, 0) is 30.9 Å². The van der Waals surface area contributed by atoms with Crippen LogP contribution in [0, 0.1) is 5.92 Å². The Morgan fingerprint density at radius 3 is 2.78 bits per heavy atom. The first-order valence-electron chi connectivity index (χ1n) is 6.67. The van der Waals surface area contributed by atoms with Crippen LogP contribution in [0.15, 0.2) is 18.3 Å². The second kappa shape index (κ2) is 5.85. The van der Waals surface area contributed by atoms with E-state index in [2.05, 4.69) is 22.5 Å². The van der Waals surface area contributed by atoms with Crippen molar-refractivity contribution in [3.63, 3.8) is 0 Å². The van der Waals surface area contributed by atoms with Gasteiger partial charge in [0.1, 0.15) is 5.69 Å². The molecular weight excluding hydrogens is 226 g/mol. The molecule has 1 aliphatic rings. The third-order valence-corrected chi connectivity index (χ3v) is 3.43. The molecule has 98 valence electrons. The summed E-state index contributed by atoms with van der Waals surface area (Å²) in [7, 11) is 1.83. The topological polar surface area (TPSA) is 54.0 Å². The Labute approximate surface area is 108 Å². The number of pyridine rings is 1. The van der Waals surface area contributed by atoms with Crippen LogP contribution < -0.4 is 10.6 Å². The summed E-state index contributed by atoms with van der Waals surface area (Å²) >= 11 is 0. The Bertz CT molecular complexity index is 398. The van der Waals surface area contributed by atoms with E-state index in [-0.39, 0.29) is 11.9 Å². The molecule has 0 aliphatic heterocycles. The normalized spacial score (nSPS) is 16.1. The molecule has 0 aromatic carbocycles. The highest BCUT2D eigenvalue weighted by molar-refractivity contribution is 5.92. The van der Waals surface area contributed by atoms with E-state index in [1.807, 2.05) is 13.1 Å². The number of hydrogen-bond donors (Lipinski definition) is 2. The minimum atomic E-state index is -0.0647. The molecular formula is C14H21N3O. The van der Waals surface area contributed by atoms with E-state index in [0.29, 0.717) is 5.69 Å². The molecule has 1 unspecified atom stereocenters. The van der Waals surface area contributed by atoms with Gasteiger partial charge in [-0.15, -0.1) is 0 Å². The highest BCUT2D eigenvalue weighted by atomic mass is 16.1. The van der Waals surface area contributed by atoms with Crippen molar-refractivity contribution in [2.45, 2.75) is 38.6 Å². The van der Waals surface area contributed by atoms with Crippen molar-refractivity contribution in [1.82, 2.24) is 10.3 Å². The molecule has 0 saturated heterocycles. The molecule has 4 heteroatoms. The van der Waals surface area contributed by atoms with Crippen molar-refractivity contribution in [3.05, 3.63) is 24.0 Å². The smallest absolute Gasteiger partial charge is 0.270 e. The lowest BCUT2D eigenvalue weighted by Crippen LogP contribution is -2.35. The van der Waals surface area contributed by atoms with Crippen molar-refractivity contribution >= 4 is 11.6 Å². The number of nitrogens with zero attached hydrogens (tertiary/aromatic N) is 1. The van der Waals surface area contributed by atoms with Crippen molar-refractivity contribution in [3.8, 4) is 0 Å². The van der Waals surface area contributed by atoms with Gasteiger partial charge in [-0.25, -0.2) is 4.98 Å². The van der Waals surface area contributed by atoms with Gasteiger partial charge in [0.15, 0.2) is 0 Å². The van der Waals surface area contributed by atoms with Gasteiger partial charge in [0.05, 0.1) is 11.9 Å². The summed E-state index contributed by atoms with van der Waals surface area (Å²) in [6.45, 7) is 2.12. The summed E-state index contributed by atoms with van der Waals surface area (Å²) in [5, 5.41) is 6.06. The molecule has 1 aromatic heterocycles. The molecule has 4 nitrogen and oxygen atoms in total. The van der Waals surface area contributed by atoms with Crippen LogP contribution in [0.3, 0.4) is 0 Å². The van der Waals surface area contributed by atoms with E-state index in [9.17, 15) is 4.79 Å². The van der Waals surface area contributed by atoms with Gasteiger partial charge < -0.3 is 10.6 Å². The molecule has 1 aromatic rings. The number of hydrogen-bond acceptors (Lipinski definition) is 3. The van der Waals surface area contributed by atoms with Gasteiger partial charge in [-0.3, -0.25) is 4.79 Å². The summed E-state index contributed by atoms with van der Waals surface area (Å²) in [5.41, 5.74) is 1.40. The second-order valence-corrected chi connectivity index (χ2v) is 4.94. The minimum Gasteiger partial charge on any atom is -0.387 e. The van der Waals surface area contributed by atoms with Crippen LogP contribution in [0.5, 0.6) is 0 Å². The predicted molar refractivity (Wildman–Crippen MR) is 72.7 cm³/mol. The summed E-state index contributed by atoms with van der Waals surface area (Å²) < 4.78 is 0. The van der Waals surface area contributed by atoms with E-state index in [1.165, 1.54) is 12.8 Å². The molecule has 1 aliphatic carbocycles. The predicted octanol–water partition coefficient (Wildman–Crippen LogP) is 2.43. The average molecular weight is 247 g/mol. The highest BCUT2D eigenvalue weighted by Gasteiger charge is 2.25. The number of carbonyl (C=O) groups excluding carboxylic acids is 1. The number of rotatable bonds is 6. The monoisotopic (exact) mass is 247 g/mol. The third kappa shape index (κ3) is 3.45. The summed E-state index contributed by atoms with van der Waals surface area (Å²) in [6.07, 6.45) is 6.41. The van der Waals surface area contributed by atoms with Crippen LogP contribution in [0.2, 0.25) is 0 Å². The second-order valence-electron chi connectivity index (χ2n) is 4.94. The van der Waals surface area contributed by atoms with E-state index >= 15 is 0 Å². The quantitative estimate of drug-likeness (QED) is 0.811. The summed E-state index contributed by atoms with van der Waals surface area (Å²) in [4.78, 5) is 16.2. The molecule has 1 saturated carbocycles. The van der Waals surface area contributed by atoms with Crippen LogP contribution in [0.25, 0.3) is 0 Å². The van der Waals surface area contributed by atoms with Gasteiger partial charge in [0, 0.05) is 13.1 Å². The van der Waals surface area contributed by atoms with Gasteiger partial charge in [-0.1, -0.05) is 19.8 Å². The van der Waals surface area contributed by atoms with Gasteiger partial charge in [0.25, 0.3) is 5.91 Å². The van der Waals surface area contributed by atoms with Crippen LogP contribution in [0.4, 0.5) is 5.69 Å². The maximum absolute atomic E-state index is 12.0. The van der Waals surface area contributed by atoms with Gasteiger partial charge in [-0.2, -0.15) is 0 Å². The molecule has 0 spiro atoms. The first-order valence-corrected chi connectivity index (χ1v) is 6.67. The lowest BCUT2D eigenvalue weighted by Gasteiger charge is -2.16. The Morgan fingerprint density at radius 2 is 2.28 bits per heavy atom. The van der Waals surface area contributed by atoms with Gasteiger partial charge in [0.2, 0.25) is 0 Å². The SMILES string of the molecule is CCC(CC1CC1)NC(=O)c1ccc(NC)cn1. The maximum Gasteiger partial charge on any atom is 0.270 e. The fourth-order valence-electron chi connectivity index (χ4n) is 2.02. The molecule has 0 radical (unpaired) electrons. The average Bonchev–Trinajstić information content (AvgIpc) is 3.22. The van der Waals surface area contributed by atoms with Crippen molar-refractivity contribution in [1.29, 1.82) is 0 Å². The van der Waals surface area contributed by atoms with Crippen LogP contribution in [-0.4, -0.2) is 24.0 Å². The van der Waals surface area contributed by atoms with E-state index in [1.54, 1.807) is 12.3 Å². The number of aromatic nitrogens is 1. The zero-order chi connectivity index (χ0) is 13.0. The Kier molecular flexibility index (Phi) is 4.18. The molecule has 1 heterocycles. The van der Waals surface area contributed by atoms with E-state index in [0.717, 1.165) is 24.4 Å². The zero-order valence-corrected chi connectivity index (χ0v) is 11.1. The fraction of sp³-hybridized carbons (Fsp3) is 0.571. The molecule has 2 rings (SSSR count). The lowest BCUT2D eigenvalue weighted by atomic mass is 10.1. The van der Waals surface area contributed by atoms with Gasteiger partial charge >= 0.3 is 0 Å². The Balaban J connectivity index is 1.91. The highest BCUT2D eigenvalue weighted by Crippen LogP contribution is 2.34. The van der Waals surface area contributed by atoms with Crippen LogP contribution in [0.1, 0.15) is 43.1 Å². The molecule has 18 heavy (non-hydrogen) atoms. The molecule has 1 fully saturated rings. The molecule has 0 bridgehead atoms. The maximum atomic E-state index is 12.0. The summed E-state index contributed by atoms with van der Waals surface area (Å²) in [5.74, 6) is 0.764. The van der Waals surface area contributed by atoms with Crippen molar-refractivity contribution < 1.29 is 4.79 Å². The molecule has 1 amide bonds. The zero-order valence-electron chi connectivity index (χ0n) is 11.1. The largest absolute Gasteiger partial charge is 0.387 e. The number of carbonyl (C=O) groups is 1. The molecule has 2 N–H and O–H groups in total. The Morgan fingerprint density at radius 1 is 1.50 bits per heavy atom. The van der Waals surface area contributed by atoms with Crippen LogP contribution in [-0.2, 0) is 0 Å². The van der Waals surface area contributed by atoms with E-state index < -0.39 is 0 Å². The minimum absolute atomic E-state index is 0.0647. The standard InChI is InChI=1S/C14H21N3O/c1-3-11(8-10-4-5-10)17-14(18)13-7-6-12(15-2)9-16-13/h6-7,9-11,15H,3-5,8H2,1-2H3,(H,17,18). The van der Waals surface area contributed by atoms with Crippen molar-refractivity contribution in [2.24, 2.45) is 5.92 Å². The third-order valence-electron chi connectivity index (χ3n) is 3.43. The molecule has 1 atom stereocenters. The lowest BCUT2D eigenvalue weighted by molar-refractivity contribution is 0.0927. The number of nitrogens with one attached hydrogen (secondary N) is 2. The van der Waals surface area contributed by atoms with Crippen molar-refractivity contribution in [2.75, 3.05) is 12.4 Å². The first-order chi connectivity index (χ1) is 8.72. The Hall–Kier alpha value is -1.58. The fourth-order valence-corrected chi connectivity index (χ4v) is 2.02. The number of anilines is 1. The van der Waals surface area contributed by atoms with Crippen LogP contribution >= 0.6 is 0 Å². The first kappa shape index (κ1) is 12.9. The van der Waals surface area contributed by atoms with E-state index in [4.69, 9.17) is 0 Å².